The Balaban J connectivity index is 2.15. The maximum atomic E-state index is 4.49. The van der Waals surface area contributed by atoms with Crippen LogP contribution in [0.1, 0.15) is 49.1 Å². The van der Waals surface area contributed by atoms with Crippen LogP contribution in [0.5, 0.6) is 0 Å². The van der Waals surface area contributed by atoms with Crippen molar-refractivity contribution in [3.63, 3.8) is 0 Å². The van der Waals surface area contributed by atoms with E-state index in [1.165, 1.54) is 16.4 Å². The van der Waals surface area contributed by atoms with E-state index in [2.05, 4.69) is 44.5 Å². The number of rotatable bonds is 8. The molecule has 0 fully saturated rings. The Hall–Kier alpha value is -1.27. The molecule has 0 aliphatic carbocycles. The molecule has 110 valence electrons. The number of aromatic nitrogens is 4. The molecule has 1 N–H and O–H groups in total. The number of aryl methyl sites for hydroxylation is 2. The summed E-state index contributed by atoms with van der Waals surface area (Å²) in [4.78, 5) is 5.75. The summed E-state index contributed by atoms with van der Waals surface area (Å²) in [5, 5.41) is 7.65. The molecule has 6 heteroatoms. The average molecular weight is 293 g/mol. The van der Waals surface area contributed by atoms with Gasteiger partial charge >= 0.3 is 0 Å². The average Bonchev–Trinajstić information content (AvgIpc) is 3.07. The van der Waals surface area contributed by atoms with E-state index in [9.17, 15) is 0 Å². The molecule has 2 aromatic heterocycles. The van der Waals surface area contributed by atoms with Gasteiger partial charge in [-0.2, -0.15) is 0 Å². The van der Waals surface area contributed by atoms with Crippen molar-refractivity contribution in [3.8, 4) is 0 Å². The van der Waals surface area contributed by atoms with E-state index < -0.39 is 0 Å². The van der Waals surface area contributed by atoms with Crippen molar-refractivity contribution in [1.29, 1.82) is 0 Å². The predicted molar refractivity (Wildman–Crippen MR) is 81.9 cm³/mol. The normalized spacial score (nSPS) is 12.8. The number of hydrogen-bond donors (Lipinski definition) is 1. The standard InChI is InChI=1S/C14H23N5S/c1-4-6-11-14(20-18-17-11)12(15-3)10-13-16-7-9-19(13)8-5-2/h7,9,12,15H,4-6,8,10H2,1-3H3. The highest BCUT2D eigenvalue weighted by Crippen LogP contribution is 2.24. The quantitative estimate of drug-likeness (QED) is 0.813. The molecule has 0 saturated heterocycles. The van der Waals surface area contributed by atoms with Gasteiger partial charge in [0.05, 0.1) is 16.6 Å². The van der Waals surface area contributed by atoms with Gasteiger partial charge in [0.2, 0.25) is 0 Å². The van der Waals surface area contributed by atoms with Crippen LogP contribution in [0.3, 0.4) is 0 Å². The summed E-state index contributed by atoms with van der Waals surface area (Å²) in [5.41, 5.74) is 1.13. The molecule has 0 radical (unpaired) electrons. The molecule has 0 amide bonds. The zero-order valence-corrected chi connectivity index (χ0v) is 13.3. The van der Waals surface area contributed by atoms with E-state index in [0.717, 1.165) is 43.7 Å². The Morgan fingerprint density at radius 1 is 1.35 bits per heavy atom. The van der Waals surface area contributed by atoms with Crippen LogP contribution in [0.2, 0.25) is 0 Å². The molecule has 0 aliphatic rings. The highest BCUT2D eigenvalue weighted by Gasteiger charge is 2.19. The zero-order chi connectivity index (χ0) is 14.4. The Morgan fingerprint density at radius 2 is 2.20 bits per heavy atom. The Kier molecular flexibility index (Phi) is 5.67. The van der Waals surface area contributed by atoms with E-state index in [0.29, 0.717) is 0 Å². The van der Waals surface area contributed by atoms with Crippen LogP contribution >= 0.6 is 11.5 Å². The van der Waals surface area contributed by atoms with E-state index >= 15 is 0 Å². The fourth-order valence-corrected chi connectivity index (χ4v) is 3.18. The van der Waals surface area contributed by atoms with Crippen molar-refractivity contribution in [3.05, 3.63) is 28.8 Å². The summed E-state index contributed by atoms with van der Waals surface area (Å²) in [6.45, 7) is 5.38. The third-order valence-corrected chi connectivity index (χ3v) is 4.27. The molecule has 5 nitrogen and oxygen atoms in total. The Bertz CT molecular complexity index is 519. The van der Waals surface area contributed by atoms with Crippen molar-refractivity contribution in [1.82, 2.24) is 24.5 Å². The van der Waals surface area contributed by atoms with E-state index in [1.807, 2.05) is 13.2 Å². The van der Waals surface area contributed by atoms with Gasteiger partial charge in [-0.15, -0.1) is 5.10 Å². The number of nitrogens with zero attached hydrogens (tertiary/aromatic N) is 4. The second-order valence-electron chi connectivity index (χ2n) is 4.92. The summed E-state index contributed by atoms with van der Waals surface area (Å²) >= 11 is 1.50. The number of likely N-dealkylation sites (N-methyl/N-ethyl adjacent to an activating group) is 1. The minimum atomic E-state index is 0.245. The molecule has 0 bridgehead atoms. The Morgan fingerprint density at radius 3 is 2.90 bits per heavy atom. The summed E-state index contributed by atoms with van der Waals surface area (Å²) in [7, 11) is 1.99. The van der Waals surface area contributed by atoms with Crippen molar-refractivity contribution in [2.45, 2.75) is 52.1 Å². The molecule has 20 heavy (non-hydrogen) atoms. The van der Waals surface area contributed by atoms with E-state index in [-0.39, 0.29) is 6.04 Å². The Labute approximate surface area is 124 Å². The first-order chi connectivity index (χ1) is 9.80. The molecule has 0 spiro atoms. The molecule has 2 aromatic rings. The van der Waals surface area contributed by atoms with Crippen molar-refractivity contribution in [2.75, 3.05) is 7.05 Å². The van der Waals surface area contributed by atoms with Gasteiger partial charge in [0.15, 0.2) is 0 Å². The van der Waals surface area contributed by atoms with Gasteiger partial charge in [0.1, 0.15) is 5.82 Å². The molecule has 0 aromatic carbocycles. The molecule has 0 aliphatic heterocycles. The topological polar surface area (TPSA) is 55.6 Å². The fraction of sp³-hybridized carbons (Fsp3) is 0.643. The van der Waals surface area contributed by atoms with Crippen molar-refractivity contribution < 1.29 is 0 Å². The first-order valence-electron chi connectivity index (χ1n) is 7.28. The molecule has 0 saturated carbocycles. The van der Waals surface area contributed by atoms with Crippen LogP contribution in [-0.2, 0) is 19.4 Å². The van der Waals surface area contributed by atoms with Gasteiger partial charge in [0.25, 0.3) is 0 Å². The summed E-state index contributed by atoms with van der Waals surface area (Å²) in [6, 6.07) is 0.245. The minimum absolute atomic E-state index is 0.245. The third kappa shape index (κ3) is 3.43. The lowest BCUT2D eigenvalue weighted by molar-refractivity contribution is 0.545. The summed E-state index contributed by atoms with van der Waals surface area (Å²) in [5.74, 6) is 1.13. The van der Waals surface area contributed by atoms with Gasteiger partial charge < -0.3 is 9.88 Å². The first kappa shape index (κ1) is 15.1. The van der Waals surface area contributed by atoms with E-state index in [4.69, 9.17) is 0 Å². The lowest BCUT2D eigenvalue weighted by Gasteiger charge is -2.16. The van der Waals surface area contributed by atoms with Crippen molar-refractivity contribution >= 4 is 11.5 Å². The van der Waals surface area contributed by atoms with Gasteiger partial charge in [-0.3, -0.25) is 0 Å². The second kappa shape index (κ2) is 7.50. The molecule has 1 atom stereocenters. The maximum Gasteiger partial charge on any atom is 0.110 e. The fourth-order valence-electron chi connectivity index (χ4n) is 2.37. The van der Waals surface area contributed by atoms with Gasteiger partial charge in [-0.25, -0.2) is 4.98 Å². The third-order valence-electron chi connectivity index (χ3n) is 3.39. The van der Waals surface area contributed by atoms with Gasteiger partial charge in [-0.05, 0) is 31.4 Å². The highest BCUT2D eigenvalue weighted by atomic mass is 32.1. The van der Waals surface area contributed by atoms with Gasteiger partial charge in [0, 0.05) is 25.4 Å². The minimum Gasteiger partial charge on any atom is -0.335 e. The highest BCUT2D eigenvalue weighted by molar-refractivity contribution is 7.05. The second-order valence-corrected chi connectivity index (χ2v) is 5.70. The lowest BCUT2D eigenvalue weighted by Crippen LogP contribution is -2.21. The number of nitrogens with one attached hydrogen (secondary N) is 1. The van der Waals surface area contributed by atoms with Gasteiger partial charge in [-0.1, -0.05) is 24.8 Å². The molecular formula is C14H23N5S. The van der Waals surface area contributed by atoms with Crippen LogP contribution in [0.4, 0.5) is 0 Å². The van der Waals surface area contributed by atoms with Crippen LogP contribution in [0.15, 0.2) is 12.4 Å². The molecule has 2 heterocycles. The zero-order valence-electron chi connectivity index (χ0n) is 12.5. The predicted octanol–water partition coefficient (Wildman–Crippen LogP) is 2.60. The number of imidazole rings is 1. The van der Waals surface area contributed by atoms with Crippen LogP contribution < -0.4 is 5.32 Å². The largest absolute Gasteiger partial charge is 0.335 e. The van der Waals surface area contributed by atoms with Crippen LogP contribution in [0, 0.1) is 0 Å². The molecular weight excluding hydrogens is 270 g/mol. The van der Waals surface area contributed by atoms with E-state index in [1.54, 1.807) is 0 Å². The summed E-state index contributed by atoms with van der Waals surface area (Å²) < 4.78 is 6.36. The summed E-state index contributed by atoms with van der Waals surface area (Å²) in [6.07, 6.45) is 8.03. The van der Waals surface area contributed by atoms with Crippen molar-refractivity contribution in [2.24, 2.45) is 0 Å². The number of hydrogen-bond acceptors (Lipinski definition) is 5. The SMILES string of the molecule is CCCc1nnsc1C(Cc1nccn1CCC)NC. The first-order valence-corrected chi connectivity index (χ1v) is 8.05. The molecule has 1 unspecified atom stereocenters. The maximum absolute atomic E-state index is 4.49. The van der Waals surface area contributed by atoms with Crippen LogP contribution in [-0.4, -0.2) is 26.2 Å². The smallest absolute Gasteiger partial charge is 0.110 e. The lowest BCUT2D eigenvalue weighted by atomic mass is 10.1. The monoisotopic (exact) mass is 293 g/mol. The van der Waals surface area contributed by atoms with Crippen LogP contribution in [0.25, 0.3) is 0 Å². The molecule has 2 rings (SSSR count).